The fourth-order valence-corrected chi connectivity index (χ4v) is 1.53. The van der Waals surface area contributed by atoms with Crippen LogP contribution in [-0.2, 0) is 22.6 Å². The number of ether oxygens (including phenoxy) is 2. The summed E-state index contributed by atoms with van der Waals surface area (Å²) in [7, 11) is 0. The van der Waals surface area contributed by atoms with Gasteiger partial charge in [0.2, 0.25) is 0 Å². The Morgan fingerprint density at radius 3 is 2.63 bits per heavy atom. The van der Waals surface area contributed by atoms with E-state index in [2.05, 4.69) is 37.1 Å². The van der Waals surface area contributed by atoms with Crippen LogP contribution in [0.25, 0.3) is 0 Å². The molecule has 0 aliphatic heterocycles. The maximum absolute atomic E-state index is 5.52. The molecule has 4 nitrogen and oxygen atoms in total. The van der Waals surface area contributed by atoms with Gasteiger partial charge in [-0.1, -0.05) is 26.8 Å². The third kappa shape index (κ3) is 7.93. The zero-order valence-electron chi connectivity index (χ0n) is 12.3. The molecule has 0 saturated carbocycles. The first-order valence-electron chi connectivity index (χ1n) is 7.02. The lowest BCUT2D eigenvalue weighted by Crippen LogP contribution is -2.12. The number of hydrogen-bond donors (Lipinski definition) is 1. The summed E-state index contributed by atoms with van der Waals surface area (Å²) >= 11 is 0. The molecule has 1 rings (SSSR count). The van der Waals surface area contributed by atoms with Crippen molar-refractivity contribution in [1.29, 1.82) is 0 Å². The van der Waals surface area contributed by atoms with Crippen molar-refractivity contribution in [3.63, 3.8) is 0 Å². The van der Waals surface area contributed by atoms with Gasteiger partial charge in [-0.25, -0.2) is 0 Å². The normalized spacial score (nSPS) is 11.2. The summed E-state index contributed by atoms with van der Waals surface area (Å²) in [6.45, 7) is 10.8. The Morgan fingerprint density at radius 2 is 2.00 bits per heavy atom. The van der Waals surface area contributed by atoms with Gasteiger partial charge in [-0.05, 0) is 24.1 Å². The van der Waals surface area contributed by atoms with Gasteiger partial charge in [0.1, 0.15) is 0 Å². The number of pyridine rings is 1. The van der Waals surface area contributed by atoms with Crippen LogP contribution in [-0.4, -0.2) is 31.3 Å². The third-order valence-corrected chi connectivity index (χ3v) is 2.54. The van der Waals surface area contributed by atoms with Crippen molar-refractivity contribution in [2.45, 2.75) is 33.9 Å². The van der Waals surface area contributed by atoms with Crippen LogP contribution in [0.1, 0.15) is 32.0 Å². The highest BCUT2D eigenvalue weighted by Crippen LogP contribution is 2.02. The van der Waals surface area contributed by atoms with E-state index < -0.39 is 0 Å². The standard InChI is InChI=1S/C15H26N2O2/c1-4-16-9-14-5-6-15(17-10-14)12-19-8-7-18-11-13(2)3/h5-6,10,13,16H,4,7-9,11-12H2,1-3H3. The second kappa shape index (κ2) is 9.89. The van der Waals surface area contributed by atoms with Gasteiger partial charge in [-0.3, -0.25) is 4.98 Å². The van der Waals surface area contributed by atoms with E-state index in [0.29, 0.717) is 25.7 Å². The second-order valence-corrected chi connectivity index (χ2v) is 4.96. The van der Waals surface area contributed by atoms with E-state index in [1.54, 1.807) is 0 Å². The molecule has 0 bridgehead atoms. The van der Waals surface area contributed by atoms with Crippen molar-refractivity contribution >= 4 is 0 Å². The number of hydrogen-bond acceptors (Lipinski definition) is 4. The van der Waals surface area contributed by atoms with Gasteiger partial charge in [-0.2, -0.15) is 0 Å². The van der Waals surface area contributed by atoms with Crippen molar-refractivity contribution in [1.82, 2.24) is 10.3 Å². The van der Waals surface area contributed by atoms with Crippen LogP contribution in [0.15, 0.2) is 18.3 Å². The lowest BCUT2D eigenvalue weighted by molar-refractivity contribution is 0.0305. The lowest BCUT2D eigenvalue weighted by Gasteiger charge is -2.08. The van der Waals surface area contributed by atoms with Crippen molar-refractivity contribution in [2.24, 2.45) is 5.92 Å². The molecule has 0 unspecified atom stereocenters. The summed E-state index contributed by atoms with van der Waals surface area (Å²) in [5.74, 6) is 0.575. The van der Waals surface area contributed by atoms with Crippen molar-refractivity contribution < 1.29 is 9.47 Å². The zero-order chi connectivity index (χ0) is 13.9. The molecule has 0 saturated heterocycles. The third-order valence-electron chi connectivity index (χ3n) is 2.54. The van der Waals surface area contributed by atoms with Crippen LogP contribution >= 0.6 is 0 Å². The molecule has 0 aliphatic rings. The second-order valence-electron chi connectivity index (χ2n) is 4.96. The Hall–Kier alpha value is -0.970. The maximum atomic E-state index is 5.52. The molecule has 1 aromatic rings. The summed E-state index contributed by atoms with van der Waals surface area (Å²) in [4.78, 5) is 4.37. The van der Waals surface area contributed by atoms with E-state index in [9.17, 15) is 0 Å². The average Bonchev–Trinajstić information content (AvgIpc) is 2.41. The highest BCUT2D eigenvalue weighted by atomic mass is 16.5. The monoisotopic (exact) mass is 266 g/mol. The average molecular weight is 266 g/mol. The van der Waals surface area contributed by atoms with E-state index in [1.807, 2.05) is 12.3 Å². The fourth-order valence-electron chi connectivity index (χ4n) is 1.53. The Morgan fingerprint density at radius 1 is 1.21 bits per heavy atom. The van der Waals surface area contributed by atoms with E-state index in [1.165, 1.54) is 5.56 Å². The maximum Gasteiger partial charge on any atom is 0.0889 e. The number of nitrogens with one attached hydrogen (secondary N) is 1. The highest BCUT2D eigenvalue weighted by molar-refractivity contribution is 5.13. The molecule has 0 atom stereocenters. The topological polar surface area (TPSA) is 43.4 Å². The van der Waals surface area contributed by atoms with Crippen LogP contribution in [0, 0.1) is 5.92 Å². The van der Waals surface area contributed by atoms with Crippen LogP contribution in [0.3, 0.4) is 0 Å². The molecular weight excluding hydrogens is 240 g/mol. The number of nitrogens with zero attached hydrogens (tertiary/aromatic N) is 1. The summed E-state index contributed by atoms with van der Waals surface area (Å²) < 4.78 is 11.0. The minimum absolute atomic E-state index is 0.548. The molecule has 0 fully saturated rings. The largest absolute Gasteiger partial charge is 0.379 e. The molecule has 108 valence electrons. The summed E-state index contributed by atoms with van der Waals surface area (Å²) in [5.41, 5.74) is 2.16. The van der Waals surface area contributed by atoms with Crippen LogP contribution in [0.2, 0.25) is 0 Å². The van der Waals surface area contributed by atoms with Crippen LogP contribution < -0.4 is 5.32 Å². The van der Waals surface area contributed by atoms with Crippen molar-refractivity contribution in [2.75, 3.05) is 26.4 Å². The van der Waals surface area contributed by atoms with Gasteiger partial charge in [0.05, 0.1) is 25.5 Å². The molecule has 0 amide bonds. The lowest BCUT2D eigenvalue weighted by atomic mass is 10.2. The van der Waals surface area contributed by atoms with E-state index in [0.717, 1.165) is 25.4 Å². The highest BCUT2D eigenvalue weighted by Gasteiger charge is 1.98. The van der Waals surface area contributed by atoms with E-state index in [4.69, 9.17) is 9.47 Å². The van der Waals surface area contributed by atoms with Crippen LogP contribution in [0.4, 0.5) is 0 Å². The van der Waals surface area contributed by atoms with Gasteiger partial charge < -0.3 is 14.8 Å². The number of rotatable bonds is 10. The molecular formula is C15H26N2O2. The molecule has 0 radical (unpaired) electrons. The summed E-state index contributed by atoms with van der Waals surface area (Å²) in [6.07, 6.45) is 1.90. The van der Waals surface area contributed by atoms with Crippen molar-refractivity contribution in [3.05, 3.63) is 29.6 Å². The predicted octanol–water partition coefficient (Wildman–Crippen LogP) is 2.38. The first-order chi connectivity index (χ1) is 9.22. The molecule has 1 N–H and O–H groups in total. The van der Waals surface area contributed by atoms with Gasteiger partial charge >= 0.3 is 0 Å². The quantitative estimate of drug-likeness (QED) is 0.660. The van der Waals surface area contributed by atoms with Gasteiger partial charge in [-0.15, -0.1) is 0 Å². The molecule has 1 aromatic heterocycles. The van der Waals surface area contributed by atoms with Crippen LogP contribution in [0.5, 0.6) is 0 Å². The fraction of sp³-hybridized carbons (Fsp3) is 0.667. The summed E-state index contributed by atoms with van der Waals surface area (Å²) in [6, 6.07) is 4.10. The molecule has 1 heterocycles. The summed E-state index contributed by atoms with van der Waals surface area (Å²) in [5, 5.41) is 3.27. The molecule has 19 heavy (non-hydrogen) atoms. The minimum atomic E-state index is 0.548. The molecule has 4 heteroatoms. The first-order valence-corrected chi connectivity index (χ1v) is 7.02. The van der Waals surface area contributed by atoms with E-state index >= 15 is 0 Å². The Kier molecular flexibility index (Phi) is 8.38. The minimum Gasteiger partial charge on any atom is -0.379 e. The van der Waals surface area contributed by atoms with E-state index in [-0.39, 0.29) is 0 Å². The van der Waals surface area contributed by atoms with Crippen molar-refractivity contribution in [3.8, 4) is 0 Å². The Labute approximate surface area is 116 Å². The first kappa shape index (κ1) is 16.1. The number of aromatic nitrogens is 1. The molecule has 0 aliphatic carbocycles. The molecule has 0 aromatic carbocycles. The smallest absolute Gasteiger partial charge is 0.0889 e. The Balaban J connectivity index is 2.12. The van der Waals surface area contributed by atoms with Gasteiger partial charge in [0.15, 0.2) is 0 Å². The molecule has 0 spiro atoms. The van der Waals surface area contributed by atoms with Gasteiger partial charge in [0.25, 0.3) is 0 Å². The Bertz CT molecular complexity index is 325. The zero-order valence-corrected chi connectivity index (χ0v) is 12.3. The SMILES string of the molecule is CCNCc1ccc(COCCOCC(C)C)nc1. The predicted molar refractivity (Wildman–Crippen MR) is 76.9 cm³/mol. The van der Waals surface area contributed by atoms with Gasteiger partial charge in [0, 0.05) is 19.3 Å².